The smallest absolute Gasteiger partial charge is 0.255 e. The molecule has 0 atom stereocenters. The van der Waals surface area contributed by atoms with Crippen LogP contribution in [0.4, 0.5) is 5.69 Å². The van der Waals surface area contributed by atoms with Crippen LogP contribution in [0.1, 0.15) is 28.4 Å². The first-order valence-electron chi connectivity index (χ1n) is 8.96. The first kappa shape index (κ1) is 19.3. The number of pyridine rings is 1. The molecule has 1 amide bonds. The van der Waals surface area contributed by atoms with E-state index in [1.54, 1.807) is 30.5 Å². The van der Waals surface area contributed by atoms with Crippen LogP contribution in [0.25, 0.3) is 11.3 Å². The van der Waals surface area contributed by atoms with Gasteiger partial charge in [0.05, 0.1) is 12.8 Å². The highest BCUT2D eigenvalue weighted by atomic mass is 16.6. The molecule has 142 valence electrons. The molecule has 0 aliphatic rings. The molecule has 0 saturated heterocycles. The summed E-state index contributed by atoms with van der Waals surface area (Å²) in [5, 5.41) is 10.7. The van der Waals surface area contributed by atoms with Gasteiger partial charge in [-0.2, -0.15) is 0 Å². The van der Waals surface area contributed by atoms with Gasteiger partial charge in [-0.1, -0.05) is 31.2 Å². The number of aryl methyl sites for hydroxylation is 1. The Morgan fingerprint density at radius 1 is 1.07 bits per heavy atom. The summed E-state index contributed by atoms with van der Waals surface area (Å²) in [6.07, 6.45) is 2.64. The number of aromatic nitrogens is 1. The van der Waals surface area contributed by atoms with Crippen LogP contribution in [0, 0.1) is 5.41 Å². The van der Waals surface area contributed by atoms with Crippen molar-refractivity contribution in [1.29, 1.82) is 5.41 Å². The van der Waals surface area contributed by atoms with Crippen molar-refractivity contribution in [1.82, 2.24) is 10.5 Å². The number of rotatable bonds is 6. The lowest BCUT2D eigenvalue weighted by Gasteiger charge is -2.12. The topological polar surface area (TPSA) is 87.1 Å². The molecule has 0 spiro atoms. The van der Waals surface area contributed by atoms with Crippen LogP contribution < -0.4 is 10.8 Å². The number of carbonyl (C=O) groups is 1. The third kappa shape index (κ3) is 4.42. The molecule has 0 bridgehead atoms. The predicted octanol–water partition coefficient (Wildman–Crippen LogP) is 4.04. The Morgan fingerprint density at radius 2 is 1.82 bits per heavy atom. The fraction of sp³-hybridized carbons (Fsp3) is 0.136. The van der Waals surface area contributed by atoms with E-state index in [4.69, 9.17) is 10.2 Å². The Labute approximate surface area is 164 Å². The molecule has 28 heavy (non-hydrogen) atoms. The van der Waals surface area contributed by atoms with E-state index in [1.165, 1.54) is 12.7 Å². The zero-order valence-electron chi connectivity index (χ0n) is 15.8. The van der Waals surface area contributed by atoms with Crippen molar-refractivity contribution in [3.63, 3.8) is 0 Å². The Balaban J connectivity index is 1.80. The largest absolute Gasteiger partial charge is 0.322 e. The van der Waals surface area contributed by atoms with E-state index in [0.29, 0.717) is 16.8 Å². The Hall–Kier alpha value is -3.51. The molecule has 3 rings (SSSR count). The molecular formula is C22H22N4O2. The van der Waals surface area contributed by atoms with E-state index in [9.17, 15) is 4.79 Å². The normalized spacial score (nSPS) is 10.4. The van der Waals surface area contributed by atoms with Crippen LogP contribution in [0.2, 0.25) is 0 Å². The van der Waals surface area contributed by atoms with Crippen LogP contribution in [0.3, 0.4) is 0 Å². The van der Waals surface area contributed by atoms with E-state index >= 15 is 0 Å². The number of hydrogen-bond donors (Lipinski definition) is 3. The lowest BCUT2D eigenvalue weighted by atomic mass is 10.0. The van der Waals surface area contributed by atoms with Gasteiger partial charge >= 0.3 is 0 Å². The van der Waals surface area contributed by atoms with Crippen molar-refractivity contribution >= 4 is 17.4 Å². The van der Waals surface area contributed by atoms with Crippen molar-refractivity contribution in [2.75, 3.05) is 12.4 Å². The van der Waals surface area contributed by atoms with Gasteiger partial charge in [-0.3, -0.25) is 20.0 Å². The number of carbonyl (C=O) groups excluding carboxylic acids is 1. The molecule has 1 heterocycles. The SMILES string of the molecule is CCc1ccc(NC(=O)c2ccc(C(=N)NOC)cc2)cc1-c1ccccn1. The molecule has 1 aromatic heterocycles. The first-order valence-corrected chi connectivity index (χ1v) is 8.96. The zero-order chi connectivity index (χ0) is 19.9. The third-order valence-corrected chi connectivity index (χ3v) is 4.33. The molecule has 3 aromatic rings. The number of nitrogens with one attached hydrogen (secondary N) is 3. The minimum atomic E-state index is -0.214. The molecule has 0 saturated carbocycles. The van der Waals surface area contributed by atoms with E-state index in [2.05, 4.69) is 22.7 Å². The second-order valence-corrected chi connectivity index (χ2v) is 6.15. The average molecular weight is 374 g/mol. The second kappa shape index (κ2) is 8.92. The number of hydroxylamine groups is 1. The van der Waals surface area contributed by atoms with Gasteiger partial charge in [0, 0.05) is 28.6 Å². The number of amidine groups is 1. The Kier molecular flexibility index (Phi) is 6.14. The van der Waals surface area contributed by atoms with Gasteiger partial charge in [-0.25, -0.2) is 5.48 Å². The lowest BCUT2D eigenvalue weighted by molar-refractivity contribution is 0.102. The Morgan fingerprint density at radius 3 is 2.46 bits per heavy atom. The van der Waals surface area contributed by atoms with E-state index < -0.39 is 0 Å². The van der Waals surface area contributed by atoms with Gasteiger partial charge in [0.2, 0.25) is 0 Å². The molecule has 6 heteroatoms. The summed E-state index contributed by atoms with van der Waals surface area (Å²) < 4.78 is 0. The number of benzene rings is 2. The summed E-state index contributed by atoms with van der Waals surface area (Å²) in [5.41, 5.74) is 7.36. The highest BCUT2D eigenvalue weighted by molar-refractivity contribution is 6.05. The van der Waals surface area contributed by atoms with E-state index in [-0.39, 0.29) is 11.7 Å². The van der Waals surface area contributed by atoms with E-state index in [0.717, 1.165) is 17.7 Å². The van der Waals surface area contributed by atoms with Crippen molar-refractivity contribution in [2.45, 2.75) is 13.3 Å². The second-order valence-electron chi connectivity index (χ2n) is 6.15. The maximum atomic E-state index is 12.6. The maximum Gasteiger partial charge on any atom is 0.255 e. The molecule has 0 aliphatic heterocycles. The van der Waals surface area contributed by atoms with Crippen LogP contribution in [0.15, 0.2) is 66.9 Å². The summed E-state index contributed by atoms with van der Waals surface area (Å²) in [6.45, 7) is 2.09. The van der Waals surface area contributed by atoms with Gasteiger partial charge in [-0.15, -0.1) is 0 Å². The van der Waals surface area contributed by atoms with Gasteiger partial charge < -0.3 is 5.32 Å². The summed E-state index contributed by atoms with van der Waals surface area (Å²) >= 11 is 0. The molecule has 0 unspecified atom stereocenters. The lowest BCUT2D eigenvalue weighted by Crippen LogP contribution is -2.22. The number of amides is 1. The van der Waals surface area contributed by atoms with Gasteiger partial charge in [0.15, 0.2) is 0 Å². The average Bonchev–Trinajstić information content (AvgIpc) is 2.74. The molecule has 3 N–H and O–H groups in total. The van der Waals surface area contributed by atoms with Crippen LogP contribution in [0.5, 0.6) is 0 Å². The highest BCUT2D eigenvalue weighted by Gasteiger charge is 2.11. The van der Waals surface area contributed by atoms with Gasteiger partial charge in [-0.05, 0) is 48.4 Å². The zero-order valence-corrected chi connectivity index (χ0v) is 15.8. The predicted molar refractivity (Wildman–Crippen MR) is 110 cm³/mol. The minimum absolute atomic E-state index is 0.129. The summed E-state index contributed by atoms with van der Waals surface area (Å²) in [7, 11) is 1.44. The molecule has 2 aromatic carbocycles. The third-order valence-electron chi connectivity index (χ3n) is 4.33. The van der Waals surface area contributed by atoms with Gasteiger partial charge in [0.25, 0.3) is 5.91 Å². The molecule has 0 radical (unpaired) electrons. The fourth-order valence-corrected chi connectivity index (χ4v) is 2.88. The maximum absolute atomic E-state index is 12.6. The summed E-state index contributed by atoms with van der Waals surface area (Å²) in [6, 6.07) is 18.4. The van der Waals surface area contributed by atoms with Crippen molar-refractivity contribution in [3.8, 4) is 11.3 Å². The number of anilines is 1. The molecule has 0 fully saturated rings. The molecular weight excluding hydrogens is 352 g/mol. The standard InChI is InChI=1S/C22H22N4O2/c1-3-15-11-12-18(14-19(15)20-6-4-5-13-24-20)25-22(27)17-9-7-16(8-10-17)21(23)26-28-2/h4-14H,3H2,1-2H3,(H2,23,26)(H,25,27). The minimum Gasteiger partial charge on any atom is -0.322 e. The van der Waals surface area contributed by atoms with Crippen LogP contribution in [-0.4, -0.2) is 23.8 Å². The quantitative estimate of drug-likeness (QED) is 0.345. The summed E-state index contributed by atoms with van der Waals surface area (Å²) in [4.78, 5) is 21.8. The fourth-order valence-electron chi connectivity index (χ4n) is 2.88. The van der Waals surface area contributed by atoms with Crippen molar-refractivity contribution in [3.05, 3.63) is 83.6 Å². The van der Waals surface area contributed by atoms with Crippen LogP contribution >= 0.6 is 0 Å². The highest BCUT2D eigenvalue weighted by Crippen LogP contribution is 2.26. The summed E-state index contributed by atoms with van der Waals surface area (Å²) in [5.74, 6) is -0.0846. The van der Waals surface area contributed by atoms with Crippen molar-refractivity contribution < 1.29 is 9.63 Å². The monoisotopic (exact) mass is 374 g/mol. The van der Waals surface area contributed by atoms with Crippen molar-refractivity contribution in [2.24, 2.45) is 0 Å². The number of hydrogen-bond acceptors (Lipinski definition) is 4. The van der Waals surface area contributed by atoms with Gasteiger partial charge in [0.1, 0.15) is 5.84 Å². The first-order chi connectivity index (χ1) is 13.6. The Bertz CT molecular complexity index is 970. The number of nitrogens with zero attached hydrogens (tertiary/aromatic N) is 1. The molecule has 0 aliphatic carbocycles. The van der Waals surface area contributed by atoms with E-state index in [1.807, 2.05) is 36.4 Å². The van der Waals surface area contributed by atoms with Crippen LogP contribution in [-0.2, 0) is 11.3 Å². The molecule has 6 nitrogen and oxygen atoms in total.